The number of carbonyl (C=O) groups excluding carboxylic acids is 1. The summed E-state index contributed by atoms with van der Waals surface area (Å²) in [7, 11) is 1.59. The van der Waals surface area contributed by atoms with E-state index in [0.29, 0.717) is 24.3 Å². The molecule has 3 aliphatic heterocycles. The molecular formula is C32H48O7. The number of fused-ring (bicyclic) bond motifs is 3. The summed E-state index contributed by atoms with van der Waals surface area (Å²) in [5, 5.41) is 22.4. The number of esters is 1. The highest BCUT2D eigenvalue weighted by molar-refractivity contribution is 5.78. The minimum atomic E-state index is -1.64. The van der Waals surface area contributed by atoms with Gasteiger partial charge in [0.1, 0.15) is 17.6 Å². The Bertz CT molecular complexity index is 1010. The van der Waals surface area contributed by atoms with E-state index in [2.05, 4.69) is 39.8 Å². The fourth-order valence-electron chi connectivity index (χ4n) is 6.66. The number of allylic oxidation sites excluding steroid dienone is 4. The maximum Gasteiger partial charge on any atom is 0.316 e. The van der Waals surface area contributed by atoms with Gasteiger partial charge in [0.25, 0.3) is 0 Å². The van der Waals surface area contributed by atoms with E-state index in [1.165, 1.54) is 5.57 Å². The van der Waals surface area contributed by atoms with Gasteiger partial charge in [0.2, 0.25) is 0 Å². The Morgan fingerprint density at radius 1 is 1.13 bits per heavy atom. The summed E-state index contributed by atoms with van der Waals surface area (Å²) in [6.45, 7) is 10.1. The third-order valence-corrected chi connectivity index (χ3v) is 9.23. The number of aliphatic hydroxyl groups is 2. The molecule has 4 aliphatic rings. The van der Waals surface area contributed by atoms with Crippen molar-refractivity contribution < 1.29 is 34.0 Å². The topological polar surface area (TPSA) is 94.5 Å². The van der Waals surface area contributed by atoms with Crippen LogP contribution in [0.4, 0.5) is 0 Å². The van der Waals surface area contributed by atoms with Crippen LogP contribution in [-0.2, 0) is 23.7 Å². The van der Waals surface area contributed by atoms with Crippen LogP contribution in [0, 0.1) is 17.8 Å². The number of methoxy groups -OCH3 is 1. The van der Waals surface area contributed by atoms with Gasteiger partial charge in [-0.3, -0.25) is 4.79 Å². The third kappa shape index (κ3) is 6.76. The Morgan fingerprint density at radius 2 is 1.90 bits per heavy atom. The van der Waals surface area contributed by atoms with Crippen molar-refractivity contribution in [3.8, 4) is 0 Å². The van der Waals surface area contributed by atoms with Crippen molar-refractivity contribution in [3.63, 3.8) is 0 Å². The number of aliphatic hydroxyl groups excluding tert-OH is 1. The maximum atomic E-state index is 13.9. The molecule has 9 unspecified atom stereocenters. The Morgan fingerprint density at radius 3 is 2.59 bits per heavy atom. The van der Waals surface area contributed by atoms with Crippen LogP contribution in [0.3, 0.4) is 0 Å². The number of carbonyl (C=O) groups is 1. The molecule has 4 rings (SSSR count). The van der Waals surface area contributed by atoms with Gasteiger partial charge in [-0.15, -0.1) is 0 Å². The summed E-state index contributed by atoms with van der Waals surface area (Å²) >= 11 is 0. The molecule has 0 aromatic rings. The number of ether oxygens (including phenoxy) is 4. The second-order valence-corrected chi connectivity index (χ2v) is 12.4. The van der Waals surface area contributed by atoms with Crippen molar-refractivity contribution in [2.24, 2.45) is 17.8 Å². The van der Waals surface area contributed by atoms with Crippen LogP contribution in [0.2, 0.25) is 0 Å². The average molecular weight is 545 g/mol. The molecule has 218 valence electrons. The van der Waals surface area contributed by atoms with E-state index in [1.54, 1.807) is 19.3 Å². The first-order valence-electron chi connectivity index (χ1n) is 14.6. The predicted molar refractivity (Wildman–Crippen MR) is 150 cm³/mol. The van der Waals surface area contributed by atoms with Gasteiger partial charge < -0.3 is 29.2 Å². The molecule has 2 saturated heterocycles. The Kier molecular flexibility index (Phi) is 9.60. The number of rotatable bonds is 2. The Balaban J connectivity index is 1.73. The van der Waals surface area contributed by atoms with Gasteiger partial charge in [-0.25, -0.2) is 0 Å². The lowest BCUT2D eigenvalue weighted by Gasteiger charge is -2.49. The fraction of sp³-hybridized carbons (Fsp3) is 0.719. The van der Waals surface area contributed by atoms with Crippen LogP contribution in [-0.4, -0.2) is 65.7 Å². The zero-order chi connectivity index (χ0) is 28.4. The van der Waals surface area contributed by atoms with Gasteiger partial charge in [0.15, 0.2) is 5.79 Å². The monoisotopic (exact) mass is 544 g/mol. The molecule has 1 spiro atoms. The van der Waals surface area contributed by atoms with Gasteiger partial charge in [-0.2, -0.15) is 0 Å². The van der Waals surface area contributed by atoms with Crippen molar-refractivity contribution in [2.75, 3.05) is 13.7 Å². The predicted octanol–water partition coefficient (Wildman–Crippen LogP) is 5.17. The van der Waals surface area contributed by atoms with E-state index in [-0.39, 0.29) is 37.3 Å². The summed E-state index contributed by atoms with van der Waals surface area (Å²) in [6, 6.07) is 0. The fourth-order valence-corrected chi connectivity index (χ4v) is 6.66. The highest BCUT2D eigenvalue weighted by Crippen LogP contribution is 2.44. The molecule has 0 radical (unpaired) electrons. The van der Waals surface area contributed by atoms with E-state index < -0.39 is 29.4 Å². The molecule has 0 saturated carbocycles. The molecule has 0 aromatic carbocycles. The zero-order valence-corrected chi connectivity index (χ0v) is 24.5. The number of hydrogen-bond acceptors (Lipinski definition) is 7. The van der Waals surface area contributed by atoms with Crippen LogP contribution in [0.5, 0.6) is 0 Å². The molecule has 2 fully saturated rings. The molecule has 0 amide bonds. The summed E-state index contributed by atoms with van der Waals surface area (Å²) in [6.07, 6.45) is 13.3. The second kappa shape index (κ2) is 12.4. The van der Waals surface area contributed by atoms with Gasteiger partial charge in [0.05, 0.1) is 24.9 Å². The quantitative estimate of drug-likeness (QED) is 0.366. The summed E-state index contributed by atoms with van der Waals surface area (Å²) in [5.41, 5.74) is 0.863. The Hall–Kier alpha value is -1.77. The van der Waals surface area contributed by atoms with Crippen LogP contribution < -0.4 is 0 Å². The van der Waals surface area contributed by atoms with E-state index in [4.69, 9.17) is 18.9 Å². The normalized spacial score (nSPS) is 42.2. The van der Waals surface area contributed by atoms with Crippen molar-refractivity contribution in [1.29, 1.82) is 0 Å². The minimum absolute atomic E-state index is 0.0499. The SMILES string of the molecule is COC1CC2(O)C(CO)=CC=CC(C)CC(C)=CCC3CC(CC4(CCC(C)C(C)O4)O3)OC(=O)C2C=C1C. The molecule has 3 heterocycles. The second-order valence-electron chi connectivity index (χ2n) is 12.4. The molecule has 7 nitrogen and oxygen atoms in total. The largest absolute Gasteiger partial charge is 0.462 e. The van der Waals surface area contributed by atoms with E-state index in [0.717, 1.165) is 31.3 Å². The summed E-state index contributed by atoms with van der Waals surface area (Å²) < 4.78 is 25.0. The van der Waals surface area contributed by atoms with Gasteiger partial charge >= 0.3 is 5.97 Å². The van der Waals surface area contributed by atoms with E-state index in [9.17, 15) is 15.0 Å². The Labute approximate surface area is 233 Å². The lowest BCUT2D eigenvalue weighted by Crippen LogP contribution is -2.55. The van der Waals surface area contributed by atoms with Crippen LogP contribution in [0.1, 0.15) is 79.6 Å². The third-order valence-electron chi connectivity index (χ3n) is 9.23. The highest BCUT2D eigenvalue weighted by Gasteiger charge is 2.51. The standard InChI is InChI=1S/C32H48O7/c1-20-8-7-9-25(19-33)32(35)18-29(36-6)23(4)15-28(32)30(34)37-27-16-26(11-10-21(2)14-20)39-31(17-27)13-12-22(3)24(5)38-31/h7-10,15,20,22,24,26-29,33,35H,11-14,16-19H2,1-6H3. The van der Waals surface area contributed by atoms with E-state index >= 15 is 0 Å². The van der Waals surface area contributed by atoms with E-state index in [1.807, 2.05) is 13.0 Å². The molecule has 2 bridgehead atoms. The lowest BCUT2D eigenvalue weighted by atomic mass is 9.71. The van der Waals surface area contributed by atoms with Gasteiger partial charge in [0, 0.05) is 32.8 Å². The molecule has 7 heteroatoms. The van der Waals surface area contributed by atoms with Crippen LogP contribution in [0.25, 0.3) is 0 Å². The molecular weight excluding hydrogens is 496 g/mol. The van der Waals surface area contributed by atoms with Crippen LogP contribution >= 0.6 is 0 Å². The first kappa shape index (κ1) is 30.2. The summed E-state index contributed by atoms with van der Waals surface area (Å²) in [4.78, 5) is 13.9. The summed E-state index contributed by atoms with van der Waals surface area (Å²) in [5.74, 6) is -1.55. The minimum Gasteiger partial charge on any atom is -0.462 e. The van der Waals surface area contributed by atoms with Gasteiger partial charge in [-0.1, -0.05) is 49.8 Å². The molecule has 9 atom stereocenters. The molecule has 0 aromatic heterocycles. The lowest BCUT2D eigenvalue weighted by molar-refractivity contribution is -0.332. The molecule has 2 N–H and O–H groups in total. The number of hydrogen-bond donors (Lipinski definition) is 2. The zero-order valence-electron chi connectivity index (χ0n) is 24.5. The first-order valence-corrected chi connectivity index (χ1v) is 14.6. The average Bonchev–Trinajstić information content (AvgIpc) is 2.88. The highest BCUT2D eigenvalue weighted by atomic mass is 16.7. The maximum absolute atomic E-state index is 13.9. The molecule has 1 aliphatic carbocycles. The van der Waals surface area contributed by atoms with Gasteiger partial charge in [-0.05, 0) is 63.0 Å². The van der Waals surface area contributed by atoms with Crippen LogP contribution in [0.15, 0.2) is 47.1 Å². The smallest absolute Gasteiger partial charge is 0.316 e. The van der Waals surface area contributed by atoms with Crippen molar-refractivity contribution >= 4 is 5.97 Å². The van der Waals surface area contributed by atoms with Crippen molar-refractivity contribution in [1.82, 2.24) is 0 Å². The van der Waals surface area contributed by atoms with Crippen molar-refractivity contribution in [2.45, 2.75) is 115 Å². The first-order chi connectivity index (χ1) is 18.5. The molecule has 39 heavy (non-hydrogen) atoms. The van der Waals surface area contributed by atoms with Crippen molar-refractivity contribution in [3.05, 3.63) is 47.1 Å².